The zero-order valence-corrected chi connectivity index (χ0v) is 15.5. The molecule has 2 saturated heterocycles. The molecule has 1 aromatic carbocycles. The number of likely N-dealkylation sites (N-methyl/N-ethyl adjacent to an activating group) is 1. The molecule has 2 amide bonds. The van der Waals surface area contributed by atoms with E-state index in [0.29, 0.717) is 22.5 Å². The Labute approximate surface area is 154 Å². The van der Waals surface area contributed by atoms with Gasteiger partial charge < -0.3 is 25.0 Å². The van der Waals surface area contributed by atoms with E-state index in [1.54, 1.807) is 25.2 Å². The summed E-state index contributed by atoms with van der Waals surface area (Å²) in [5.74, 6) is 0.688. The maximum atomic E-state index is 12.8. The number of carbonyl (C=O) groups is 2. The van der Waals surface area contributed by atoms with E-state index < -0.39 is 0 Å². The Bertz CT molecular complexity index is 661. The van der Waals surface area contributed by atoms with E-state index in [4.69, 9.17) is 9.47 Å². The molecule has 7 heteroatoms. The molecule has 0 unspecified atom stereocenters. The van der Waals surface area contributed by atoms with E-state index in [2.05, 4.69) is 10.6 Å². The van der Waals surface area contributed by atoms with Gasteiger partial charge in [0.1, 0.15) is 0 Å². The molecule has 2 aliphatic rings. The molecule has 2 aliphatic heterocycles. The number of nitrogens with zero attached hydrogens (tertiary/aromatic N) is 1. The van der Waals surface area contributed by atoms with Gasteiger partial charge in [-0.05, 0) is 49.4 Å². The van der Waals surface area contributed by atoms with Crippen LogP contribution in [0.3, 0.4) is 0 Å². The highest BCUT2D eigenvalue weighted by atomic mass is 16.5. The average Bonchev–Trinajstić information content (AvgIpc) is 3.13. The summed E-state index contributed by atoms with van der Waals surface area (Å²) in [7, 11) is 3.07. The third-order valence-electron chi connectivity index (χ3n) is 5.49. The summed E-state index contributed by atoms with van der Waals surface area (Å²) in [6, 6.07) is 5.09. The topological polar surface area (TPSA) is 79.9 Å². The molecule has 142 valence electrons. The van der Waals surface area contributed by atoms with Gasteiger partial charge in [-0.2, -0.15) is 0 Å². The highest BCUT2D eigenvalue weighted by molar-refractivity contribution is 5.95. The first-order valence-electron chi connectivity index (χ1n) is 9.08. The molecule has 1 spiro atoms. The molecule has 0 aliphatic carbocycles. The quantitative estimate of drug-likeness (QED) is 0.819. The van der Waals surface area contributed by atoms with Crippen molar-refractivity contribution in [2.24, 2.45) is 5.41 Å². The molecular formula is C19H27N3O4. The van der Waals surface area contributed by atoms with E-state index >= 15 is 0 Å². The fraction of sp³-hybridized carbons (Fsp3) is 0.579. The van der Waals surface area contributed by atoms with Gasteiger partial charge in [-0.25, -0.2) is 0 Å². The van der Waals surface area contributed by atoms with Crippen LogP contribution in [-0.2, 0) is 4.79 Å². The predicted molar refractivity (Wildman–Crippen MR) is 97.6 cm³/mol. The minimum absolute atomic E-state index is 0.0157. The molecule has 7 nitrogen and oxygen atoms in total. The number of benzene rings is 1. The lowest BCUT2D eigenvalue weighted by Gasteiger charge is -2.39. The number of amides is 2. The van der Waals surface area contributed by atoms with Crippen molar-refractivity contribution >= 4 is 11.8 Å². The van der Waals surface area contributed by atoms with Crippen molar-refractivity contribution in [2.75, 3.05) is 46.9 Å². The Kier molecular flexibility index (Phi) is 5.66. The van der Waals surface area contributed by atoms with Gasteiger partial charge in [0, 0.05) is 32.2 Å². The first-order valence-corrected chi connectivity index (χ1v) is 9.08. The minimum Gasteiger partial charge on any atom is -0.493 e. The molecule has 0 bridgehead atoms. The summed E-state index contributed by atoms with van der Waals surface area (Å²) in [4.78, 5) is 26.1. The Balaban J connectivity index is 1.65. The highest BCUT2D eigenvalue weighted by Crippen LogP contribution is 2.37. The fourth-order valence-corrected chi connectivity index (χ4v) is 3.72. The van der Waals surface area contributed by atoms with Crippen LogP contribution in [0.5, 0.6) is 11.5 Å². The molecule has 2 fully saturated rings. The third kappa shape index (κ3) is 3.93. The van der Waals surface area contributed by atoms with Gasteiger partial charge in [0.25, 0.3) is 11.8 Å². The van der Waals surface area contributed by atoms with Crippen molar-refractivity contribution in [2.45, 2.75) is 19.3 Å². The van der Waals surface area contributed by atoms with E-state index in [9.17, 15) is 9.59 Å². The number of nitrogens with one attached hydrogen (secondary N) is 2. The van der Waals surface area contributed by atoms with E-state index in [0.717, 1.165) is 39.0 Å². The largest absolute Gasteiger partial charge is 0.493 e. The van der Waals surface area contributed by atoms with Gasteiger partial charge in [-0.15, -0.1) is 0 Å². The van der Waals surface area contributed by atoms with Gasteiger partial charge in [-0.1, -0.05) is 0 Å². The van der Waals surface area contributed by atoms with Crippen molar-refractivity contribution in [1.29, 1.82) is 0 Å². The lowest BCUT2D eigenvalue weighted by atomic mass is 9.78. The Hall–Kier alpha value is -2.28. The summed E-state index contributed by atoms with van der Waals surface area (Å²) in [6.07, 6.45) is 3.31. The van der Waals surface area contributed by atoms with Crippen LogP contribution in [0.1, 0.15) is 29.6 Å². The number of rotatable bonds is 5. The van der Waals surface area contributed by atoms with Gasteiger partial charge >= 0.3 is 0 Å². The number of carbonyl (C=O) groups excluding carboxylic acids is 2. The van der Waals surface area contributed by atoms with Crippen LogP contribution in [-0.4, -0.2) is 63.7 Å². The minimum atomic E-state index is -0.226. The smallest absolute Gasteiger partial charge is 0.257 e. The van der Waals surface area contributed by atoms with Gasteiger partial charge in [0.2, 0.25) is 0 Å². The van der Waals surface area contributed by atoms with Crippen LogP contribution in [0.15, 0.2) is 18.2 Å². The van der Waals surface area contributed by atoms with Crippen molar-refractivity contribution in [3.8, 4) is 11.5 Å². The second kappa shape index (κ2) is 7.95. The average molecular weight is 361 g/mol. The van der Waals surface area contributed by atoms with E-state index in [1.165, 1.54) is 13.5 Å². The highest BCUT2D eigenvalue weighted by Gasteiger charge is 2.38. The molecule has 26 heavy (non-hydrogen) atoms. The number of piperidine rings is 1. The van der Waals surface area contributed by atoms with Crippen molar-refractivity contribution in [1.82, 2.24) is 15.5 Å². The van der Waals surface area contributed by atoms with E-state index in [-0.39, 0.29) is 18.4 Å². The lowest BCUT2D eigenvalue weighted by molar-refractivity contribution is -0.122. The maximum absolute atomic E-state index is 12.8. The van der Waals surface area contributed by atoms with Gasteiger partial charge in [0.15, 0.2) is 18.1 Å². The molecular weight excluding hydrogens is 334 g/mol. The SMILES string of the molecule is CNC(=O)COc1ccc(C(=O)N2CCC3(CCNC3)CC2)cc1OC. The first-order chi connectivity index (χ1) is 12.6. The molecule has 1 aromatic rings. The summed E-state index contributed by atoms with van der Waals surface area (Å²) in [5, 5.41) is 5.94. The summed E-state index contributed by atoms with van der Waals surface area (Å²) in [6.45, 7) is 3.64. The van der Waals surface area contributed by atoms with Crippen LogP contribution in [0.2, 0.25) is 0 Å². The second-order valence-electron chi connectivity index (χ2n) is 7.05. The number of hydrogen-bond donors (Lipinski definition) is 2. The van der Waals surface area contributed by atoms with Crippen LogP contribution >= 0.6 is 0 Å². The lowest BCUT2D eigenvalue weighted by Crippen LogP contribution is -2.44. The molecule has 0 radical (unpaired) electrons. The summed E-state index contributed by atoms with van der Waals surface area (Å²) < 4.78 is 10.8. The maximum Gasteiger partial charge on any atom is 0.257 e. The number of ether oxygens (including phenoxy) is 2. The van der Waals surface area contributed by atoms with E-state index in [1.807, 2.05) is 4.90 Å². The van der Waals surface area contributed by atoms with Gasteiger partial charge in [0.05, 0.1) is 7.11 Å². The number of likely N-dealkylation sites (tertiary alicyclic amines) is 1. The predicted octanol–water partition coefficient (Wildman–Crippen LogP) is 1.04. The van der Waals surface area contributed by atoms with Crippen molar-refractivity contribution in [3.63, 3.8) is 0 Å². The number of hydrogen-bond acceptors (Lipinski definition) is 5. The zero-order valence-electron chi connectivity index (χ0n) is 15.5. The van der Waals surface area contributed by atoms with Crippen LogP contribution in [0.4, 0.5) is 0 Å². The molecule has 2 heterocycles. The van der Waals surface area contributed by atoms with Gasteiger partial charge in [-0.3, -0.25) is 9.59 Å². The van der Waals surface area contributed by atoms with Crippen LogP contribution in [0, 0.1) is 5.41 Å². The molecule has 0 atom stereocenters. The zero-order chi connectivity index (χ0) is 18.6. The monoisotopic (exact) mass is 361 g/mol. The molecule has 0 aromatic heterocycles. The second-order valence-corrected chi connectivity index (χ2v) is 7.05. The standard InChI is InChI=1S/C19H27N3O4/c1-20-17(23)12-26-15-4-3-14(11-16(15)25-2)18(24)22-9-6-19(7-10-22)5-8-21-13-19/h3-4,11,21H,5-10,12-13H2,1-2H3,(H,20,23). The number of methoxy groups -OCH3 is 1. The van der Waals surface area contributed by atoms with Crippen molar-refractivity contribution in [3.05, 3.63) is 23.8 Å². The molecule has 3 rings (SSSR count). The first kappa shape index (κ1) is 18.5. The summed E-state index contributed by atoms with van der Waals surface area (Å²) in [5.41, 5.74) is 0.959. The Morgan fingerprint density at radius 1 is 1.23 bits per heavy atom. The van der Waals surface area contributed by atoms with Crippen molar-refractivity contribution < 1.29 is 19.1 Å². The van der Waals surface area contributed by atoms with Crippen LogP contribution < -0.4 is 20.1 Å². The normalized spacial score (nSPS) is 18.6. The fourth-order valence-electron chi connectivity index (χ4n) is 3.72. The molecule has 0 saturated carbocycles. The Morgan fingerprint density at radius 2 is 2.00 bits per heavy atom. The Morgan fingerprint density at radius 3 is 2.62 bits per heavy atom. The molecule has 2 N–H and O–H groups in total. The van der Waals surface area contributed by atoms with Crippen LogP contribution in [0.25, 0.3) is 0 Å². The summed E-state index contributed by atoms with van der Waals surface area (Å²) >= 11 is 0. The third-order valence-corrected chi connectivity index (χ3v) is 5.49.